The molecule has 158 valence electrons. The van der Waals surface area contributed by atoms with Crippen molar-refractivity contribution in [3.8, 4) is 17.1 Å². The standard InChI is InChI=1S/C24H25N5O2/c1-30-23-4-3-19(14-20(23)15-28-11-2-7-27-28)24-26-10-12-29(24)22-17-31-16-21(22)13-18-5-8-25-9-6-18/h2-12,14,21-22H,13,15-17H2,1H3/t21-,22-/m1/s1. The van der Waals surface area contributed by atoms with E-state index in [0.29, 0.717) is 19.1 Å². The first kappa shape index (κ1) is 19.5. The molecule has 1 fully saturated rings. The third-order valence-corrected chi connectivity index (χ3v) is 5.87. The summed E-state index contributed by atoms with van der Waals surface area (Å²) in [5.74, 6) is 2.17. The SMILES string of the molecule is COc1ccc(-c2nccn2[C@@H]2COC[C@H]2Cc2ccncc2)cc1Cn1cccn1. The van der Waals surface area contributed by atoms with Crippen LogP contribution in [-0.4, -0.2) is 44.6 Å². The van der Waals surface area contributed by atoms with Gasteiger partial charge in [0.15, 0.2) is 0 Å². The highest BCUT2D eigenvalue weighted by Gasteiger charge is 2.31. The van der Waals surface area contributed by atoms with Gasteiger partial charge in [-0.15, -0.1) is 0 Å². The highest BCUT2D eigenvalue weighted by molar-refractivity contribution is 5.59. The molecule has 1 aromatic carbocycles. The highest BCUT2D eigenvalue weighted by Crippen LogP contribution is 2.34. The Balaban J connectivity index is 1.44. The Kier molecular flexibility index (Phi) is 5.50. The number of nitrogens with zero attached hydrogens (tertiary/aromatic N) is 5. The maximum Gasteiger partial charge on any atom is 0.140 e. The lowest BCUT2D eigenvalue weighted by molar-refractivity contribution is 0.181. The predicted octanol–water partition coefficient (Wildman–Crippen LogP) is 3.63. The van der Waals surface area contributed by atoms with Crippen LogP contribution in [0, 0.1) is 5.92 Å². The van der Waals surface area contributed by atoms with Crippen LogP contribution in [-0.2, 0) is 17.7 Å². The fourth-order valence-corrected chi connectivity index (χ4v) is 4.33. The van der Waals surface area contributed by atoms with E-state index in [1.54, 1.807) is 13.3 Å². The van der Waals surface area contributed by atoms with Gasteiger partial charge in [0.05, 0.1) is 32.9 Å². The van der Waals surface area contributed by atoms with Crippen molar-refractivity contribution in [1.82, 2.24) is 24.3 Å². The second kappa shape index (κ2) is 8.73. The molecule has 31 heavy (non-hydrogen) atoms. The zero-order valence-electron chi connectivity index (χ0n) is 17.5. The molecule has 1 saturated heterocycles. The summed E-state index contributed by atoms with van der Waals surface area (Å²) in [5, 5.41) is 4.33. The number of ether oxygens (including phenoxy) is 2. The fourth-order valence-electron chi connectivity index (χ4n) is 4.33. The molecule has 0 radical (unpaired) electrons. The van der Waals surface area contributed by atoms with Crippen molar-refractivity contribution in [2.45, 2.75) is 19.0 Å². The lowest BCUT2D eigenvalue weighted by Crippen LogP contribution is -2.20. The van der Waals surface area contributed by atoms with E-state index in [-0.39, 0.29) is 6.04 Å². The molecule has 5 rings (SSSR count). The first-order valence-corrected chi connectivity index (χ1v) is 10.5. The third-order valence-electron chi connectivity index (χ3n) is 5.87. The van der Waals surface area contributed by atoms with E-state index in [1.807, 2.05) is 41.6 Å². The number of hydrogen-bond donors (Lipinski definition) is 0. The highest BCUT2D eigenvalue weighted by atomic mass is 16.5. The van der Waals surface area contributed by atoms with Crippen molar-refractivity contribution in [2.24, 2.45) is 5.92 Å². The molecule has 0 amide bonds. The van der Waals surface area contributed by atoms with E-state index < -0.39 is 0 Å². The van der Waals surface area contributed by atoms with Crippen molar-refractivity contribution >= 4 is 0 Å². The third kappa shape index (κ3) is 4.09. The summed E-state index contributed by atoms with van der Waals surface area (Å²) < 4.78 is 15.6. The van der Waals surface area contributed by atoms with Gasteiger partial charge in [0, 0.05) is 54.2 Å². The Morgan fingerprint density at radius 1 is 1.06 bits per heavy atom. The molecular weight excluding hydrogens is 390 g/mol. The number of methoxy groups -OCH3 is 1. The summed E-state index contributed by atoms with van der Waals surface area (Å²) in [6.45, 7) is 2.08. The molecule has 0 N–H and O–H groups in total. The number of benzene rings is 1. The number of hydrogen-bond acceptors (Lipinski definition) is 5. The number of pyridine rings is 1. The van der Waals surface area contributed by atoms with Crippen LogP contribution < -0.4 is 4.74 Å². The lowest BCUT2D eigenvalue weighted by Gasteiger charge is -2.21. The fraction of sp³-hybridized carbons (Fsp3) is 0.292. The Morgan fingerprint density at radius 3 is 2.77 bits per heavy atom. The van der Waals surface area contributed by atoms with Gasteiger partial charge in [-0.05, 0) is 48.4 Å². The smallest absolute Gasteiger partial charge is 0.140 e. The molecular formula is C24H25N5O2. The van der Waals surface area contributed by atoms with E-state index in [1.165, 1.54) is 5.56 Å². The van der Waals surface area contributed by atoms with Crippen molar-refractivity contribution in [1.29, 1.82) is 0 Å². The molecule has 0 saturated carbocycles. The quantitative estimate of drug-likeness (QED) is 0.461. The van der Waals surface area contributed by atoms with Crippen molar-refractivity contribution in [2.75, 3.05) is 20.3 Å². The van der Waals surface area contributed by atoms with Gasteiger partial charge in [-0.2, -0.15) is 5.10 Å². The first-order chi connectivity index (χ1) is 15.3. The van der Waals surface area contributed by atoms with Crippen molar-refractivity contribution in [3.63, 3.8) is 0 Å². The molecule has 3 aromatic heterocycles. The Morgan fingerprint density at radius 2 is 1.97 bits per heavy atom. The summed E-state index contributed by atoms with van der Waals surface area (Å²) in [6.07, 6.45) is 12.3. The summed E-state index contributed by atoms with van der Waals surface area (Å²) in [5.41, 5.74) is 3.40. The molecule has 1 aliphatic rings. The minimum absolute atomic E-state index is 0.238. The van der Waals surface area contributed by atoms with E-state index in [2.05, 4.69) is 45.1 Å². The van der Waals surface area contributed by atoms with Crippen LogP contribution in [0.25, 0.3) is 11.4 Å². The molecule has 4 heterocycles. The molecule has 7 nitrogen and oxygen atoms in total. The first-order valence-electron chi connectivity index (χ1n) is 10.5. The minimum Gasteiger partial charge on any atom is -0.496 e. The predicted molar refractivity (Wildman–Crippen MR) is 117 cm³/mol. The largest absolute Gasteiger partial charge is 0.496 e. The van der Waals surface area contributed by atoms with Gasteiger partial charge >= 0.3 is 0 Å². The lowest BCUT2D eigenvalue weighted by atomic mass is 9.95. The van der Waals surface area contributed by atoms with Gasteiger partial charge in [0.1, 0.15) is 11.6 Å². The van der Waals surface area contributed by atoms with Crippen LogP contribution >= 0.6 is 0 Å². The van der Waals surface area contributed by atoms with Crippen LogP contribution in [0.2, 0.25) is 0 Å². The van der Waals surface area contributed by atoms with Crippen molar-refractivity contribution in [3.05, 3.63) is 84.7 Å². The Labute approximate surface area is 181 Å². The van der Waals surface area contributed by atoms with Crippen LogP contribution in [0.5, 0.6) is 5.75 Å². The molecule has 0 bridgehead atoms. The van der Waals surface area contributed by atoms with E-state index in [0.717, 1.165) is 35.7 Å². The van der Waals surface area contributed by atoms with Gasteiger partial charge < -0.3 is 14.0 Å². The van der Waals surface area contributed by atoms with Crippen molar-refractivity contribution < 1.29 is 9.47 Å². The monoisotopic (exact) mass is 415 g/mol. The molecule has 0 unspecified atom stereocenters. The molecule has 0 aliphatic carbocycles. The Bertz CT molecular complexity index is 1120. The van der Waals surface area contributed by atoms with Crippen LogP contribution in [0.1, 0.15) is 17.2 Å². The van der Waals surface area contributed by atoms with E-state index in [4.69, 9.17) is 14.5 Å². The van der Waals surface area contributed by atoms with Gasteiger partial charge in [-0.3, -0.25) is 9.67 Å². The van der Waals surface area contributed by atoms with Crippen LogP contribution in [0.15, 0.2) is 73.6 Å². The second-order valence-electron chi connectivity index (χ2n) is 7.81. The number of rotatable bonds is 7. The van der Waals surface area contributed by atoms with Crippen LogP contribution in [0.3, 0.4) is 0 Å². The summed E-state index contributed by atoms with van der Waals surface area (Å²) in [4.78, 5) is 8.83. The Hall–Kier alpha value is -3.45. The molecule has 4 aromatic rings. The van der Waals surface area contributed by atoms with E-state index in [9.17, 15) is 0 Å². The number of aromatic nitrogens is 5. The van der Waals surface area contributed by atoms with Gasteiger partial charge in [-0.1, -0.05) is 0 Å². The van der Waals surface area contributed by atoms with Crippen LogP contribution in [0.4, 0.5) is 0 Å². The zero-order chi connectivity index (χ0) is 21.0. The normalized spacial score (nSPS) is 18.4. The topological polar surface area (TPSA) is 67.0 Å². The average Bonchev–Trinajstić information content (AvgIpc) is 3.56. The van der Waals surface area contributed by atoms with Gasteiger partial charge in [0.2, 0.25) is 0 Å². The molecule has 0 spiro atoms. The molecule has 7 heteroatoms. The summed E-state index contributed by atoms with van der Waals surface area (Å²) in [7, 11) is 1.70. The molecule has 1 aliphatic heterocycles. The number of imidazole rings is 1. The summed E-state index contributed by atoms with van der Waals surface area (Å²) in [6, 6.07) is 12.5. The minimum atomic E-state index is 0.238. The van der Waals surface area contributed by atoms with Gasteiger partial charge in [0.25, 0.3) is 0 Å². The maximum atomic E-state index is 5.89. The van der Waals surface area contributed by atoms with E-state index >= 15 is 0 Å². The maximum absolute atomic E-state index is 5.89. The zero-order valence-corrected chi connectivity index (χ0v) is 17.5. The van der Waals surface area contributed by atoms with Gasteiger partial charge in [-0.25, -0.2) is 4.98 Å². The second-order valence-corrected chi connectivity index (χ2v) is 7.81. The summed E-state index contributed by atoms with van der Waals surface area (Å²) >= 11 is 0. The average molecular weight is 415 g/mol. The molecule has 2 atom stereocenters.